The molecule has 4 aromatic carbocycles. The van der Waals surface area contributed by atoms with Crippen molar-refractivity contribution in [2.75, 3.05) is 0 Å². The molecule has 4 aromatic rings. The van der Waals surface area contributed by atoms with Crippen molar-refractivity contribution >= 4 is 0 Å². The Hall–Kier alpha value is -3.12. The van der Waals surface area contributed by atoms with Gasteiger partial charge in [-0.05, 0) is 133 Å². The quantitative estimate of drug-likeness (QED) is 0.265. The summed E-state index contributed by atoms with van der Waals surface area (Å²) in [7, 11) is 0. The van der Waals surface area contributed by atoms with Gasteiger partial charge in [-0.2, -0.15) is 0 Å². The Kier molecular flexibility index (Phi) is 5.90. The Bertz CT molecular complexity index is 1370. The van der Waals surface area contributed by atoms with E-state index in [4.69, 9.17) is 0 Å². The van der Waals surface area contributed by atoms with E-state index in [1.165, 1.54) is 105 Å². The molecule has 0 aromatic heterocycles. The highest BCUT2D eigenvalue weighted by atomic mass is 14.5. The normalized spacial score (nSPS) is 15.9. The molecule has 0 nitrogen and oxygen atoms in total. The van der Waals surface area contributed by atoms with E-state index in [0.29, 0.717) is 0 Å². The fourth-order valence-electron chi connectivity index (χ4n) is 7.95. The van der Waals surface area contributed by atoms with E-state index < -0.39 is 0 Å². The molecule has 1 spiro atoms. The Labute approximate surface area is 223 Å². The molecular weight excluding hydrogens is 444 g/mol. The average Bonchev–Trinajstić information content (AvgIpc) is 2.96. The number of fused-ring (bicyclic) bond motifs is 5. The lowest BCUT2D eigenvalue weighted by molar-refractivity contribution is 0.456. The highest BCUT2D eigenvalue weighted by Crippen LogP contribution is 2.56. The van der Waals surface area contributed by atoms with Crippen LogP contribution in [-0.4, -0.2) is 0 Å². The molecule has 0 heteroatoms. The lowest BCUT2D eigenvalue weighted by atomic mass is 9.71. The predicted octanol–water partition coefficient (Wildman–Crippen LogP) is 10.5. The maximum absolute atomic E-state index is 2.58. The smallest absolute Gasteiger partial charge is 0.0215 e. The monoisotopic (exact) mass is 484 g/mol. The molecule has 0 saturated heterocycles. The van der Waals surface area contributed by atoms with E-state index in [9.17, 15) is 0 Å². The summed E-state index contributed by atoms with van der Waals surface area (Å²) < 4.78 is 0. The summed E-state index contributed by atoms with van der Waals surface area (Å²) in [5.41, 5.74) is 20.1. The molecule has 0 unspecified atom stereocenters. The molecular formula is C37H40. The first-order valence-electron chi connectivity index (χ1n) is 14.2. The minimum Gasteiger partial charge on any atom is -0.0557 e. The second-order valence-corrected chi connectivity index (χ2v) is 12.1. The maximum Gasteiger partial charge on any atom is 0.0215 e. The zero-order chi connectivity index (χ0) is 25.9. The average molecular weight is 485 g/mol. The summed E-state index contributed by atoms with van der Waals surface area (Å²) in [5.74, 6) is 0. The molecule has 37 heavy (non-hydrogen) atoms. The van der Waals surface area contributed by atoms with Crippen LogP contribution in [-0.2, 0) is 5.41 Å². The lowest BCUT2D eigenvalue weighted by Gasteiger charge is -2.32. The molecule has 0 atom stereocenters. The lowest BCUT2D eigenvalue weighted by Crippen LogP contribution is -2.24. The Morgan fingerprint density at radius 3 is 1.22 bits per heavy atom. The predicted molar refractivity (Wildman–Crippen MR) is 160 cm³/mol. The molecule has 2 aliphatic carbocycles. The van der Waals surface area contributed by atoms with Gasteiger partial charge in [-0.15, -0.1) is 0 Å². The van der Waals surface area contributed by atoms with Crippen LogP contribution in [0, 0.1) is 41.5 Å². The molecule has 6 rings (SSSR count). The van der Waals surface area contributed by atoms with Gasteiger partial charge in [0.15, 0.2) is 0 Å². The second kappa shape index (κ2) is 9.02. The first-order valence-corrected chi connectivity index (χ1v) is 14.2. The van der Waals surface area contributed by atoms with Crippen molar-refractivity contribution in [3.05, 3.63) is 105 Å². The summed E-state index contributed by atoms with van der Waals surface area (Å²) in [6.45, 7) is 13.5. The van der Waals surface area contributed by atoms with E-state index in [-0.39, 0.29) is 5.41 Å². The molecule has 0 radical (unpaired) electrons. The summed E-state index contributed by atoms with van der Waals surface area (Å²) in [6, 6.07) is 24.1. The van der Waals surface area contributed by atoms with Gasteiger partial charge in [-0.3, -0.25) is 0 Å². The SMILES string of the molecule is Cc1cc(C)c(-c2ccc3c(c2)C2(CCCCCC2)c2cc(-c4c(C)cc(C)cc4C)ccc2-3)c(C)c1. The van der Waals surface area contributed by atoms with E-state index in [0.717, 1.165) is 0 Å². The number of hydrogen-bond acceptors (Lipinski definition) is 0. The number of benzene rings is 4. The van der Waals surface area contributed by atoms with Crippen LogP contribution in [0.2, 0.25) is 0 Å². The highest BCUT2D eigenvalue weighted by molar-refractivity contribution is 5.87. The van der Waals surface area contributed by atoms with Gasteiger partial charge >= 0.3 is 0 Å². The number of aryl methyl sites for hydroxylation is 6. The molecule has 0 heterocycles. The van der Waals surface area contributed by atoms with Crippen molar-refractivity contribution in [1.29, 1.82) is 0 Å². The van der Waals surface area contributed by atoms with Crippen LogP contribution in [0.1, 0.15) is 83.0 Å². The molecule has 1 saturated carbocycles. The van der Waals surface area contributed by atoms with E-state index >= 15 is 0 Å². The van der Waals surface area contributed by atoms with Crippen LogP contribution in [0.25, 0.3) is 33.4 Å². The zero-order valence-corrected chi connectivity index (χ0v) is 23.5. The number of hydrogen-bond donors (Lipinski definition) is 0. The Balaban J connectivity index is 1.57. The first kappa shape index (κ1) is 24.2. The van der Waals surface area contributed by atoms with Crippen molar-refractivity contribution in [2.45, 2.75) is 85.5 Å². The van der Waals surface area contributed by atoms with Gasteiger partial charge in [-0.1, -0.05) is 85.3 Å². The minimum absolute atomic E-state index is 0.131. The number of rotatable bonds is 2. The Morgan fingerprint density at radius 1 is 0.459 bits per heavy atom. The summed E-state index contributed by atoms with van der Waals surface area (Å²) in [6.07, 6.45) is 7.88. The molecule has 1 fully saturated rings. The molecule has 0 aliphatic heterocycles. The van der Waals surface area contributed by atoms with Gasteiger partial charge in [-0.25, -0.2) is 0 Å². The van der Waals surface area contributed by atoms with Crippen LogP contribution in [0.5, 0.6) is 0 Å². The summed E-state index contributed by atoms with van der Waals surface area (Å²) in [5, 5.41) is 0. The first-order chi connectivity index (χ1) is 17.8. The summed E-state index contributed by atoms with van der Waals surface area (Å²) >= 11 is 0. The second-order valence-electron chi connectivity index (χ2n) is 12.1. The van der Waals surface area contributed by atoms with Gasteiger partial charge in [0.25, 0.3) is 0 Å². The van der Waals surface area contributed by atoms with Crippen molar-refractivity contribution in [3.63, 3.8) is 0 Å². The molecule has 0 amide bonds. The van der Waals surface area contributed by atoms with E-state index in [1.807, 2.05) is 0 Å². The highest BCUT2D eigenvalue weighted by Gasteiger charge is 2.43. The van der Waals surface area contributed by atoms with Crippen LogP contribution in [0.15, 0.2) is 60.7 Å². The van der Waals surface area contributed by atoms with E-state index in [2.05, 4.69) is 102 Å². The van der Waals surface area contributed by atoms with Crippen molar-refractivity contribution in [2.24, 2.45) is 0 Å². The third-order valence-corrected chi connectivity index (χ3v) is 9.25. The van der Waals surface area contributed by atoms with Gasteiger partial charge in [0.1, 0.15) is 0 Å². The largest absolute Gasteiger partial charge is 0.0557 e. The van der Waals surface area contributed by atoms with E-state index in [1.54, 1.807) is 11.1 Å². The molecule has 188 valence electrons. The minimum atomic E-state index is 0.131. The van der Waals surface area contributed by atoms with Crippen LogP contribution >= 0.6 is 0 Å². The van der Waals surface area contributed by atoms with Crippen LogP contribution in [0.4, 0.5) is 0 Å². The molecule has 0 bridgehead atoms. The van der Waals surface area contributed by atoms with Gasteiger partial charge in [0.2, 0.25) is 0 Å². The van der Waals surface area contributed by atoms with Crippen molar-refractivity contribution in [1.82, 2.24) is 0 Å². The Morgan fingerprint density at radius 2 is 0.838 bits per heavy atom. The van der Waals surface area contributed by atoms with Gasteiger partial charge in [0.05, 0.1) is 0 Å². The standard InChI is InChI=1S/C37H40/c1-23-17-25(3)35(26(4)18-23)29-11-13-31-32-14-12-30(36-27(5)19-24(2)20-28(36)6)22-34(32)37(33(31)21-29)15-9-7-8-10-16-37/h11-14,17-22H,7-10,15-16H2,1-6H3. The molecule has 0 N–H and O–H groups in total. The van der Waals surface area contributed by atoms with Crippen LogP contribution in [0.3, 0.4) is 0 Å². The van der Waals surface area contributed by atoms with Gasteiger partial charge in [0, 0.05) is 5.41 Å². The van der Waals surface area contributed by atoms with Gasteiger partial charge < -0.3 is 0 Å². The maximum atomic E-state index is 2.58. The molecule has 2 aliphatic rings. The van der Waals surface area contributed by atoms with Crippen molar-refractivity contribution < 1.29 is 0 Å². The van der Waals surface area contributed by atoms with Crippen LogP contribution < -0.4 is 0 Å². The third kappa shape index (κ3) is 3.88. The third-order valence-electron chi connectivity index (χ3n) is 9.25. The fraction of sp³-hybridized carbons (Fsp3) is 0.351. The topological polar surface area (TPSA) is 0 Å². The van der Waals surface area contributed by atoms with Crippen molar-refractivity contribution in [3.8, 4) is 33.4 Å². The zero-order valence-electron chi connectivity index (χ0n) is 23.5. The summed E-state index contributed by atoms with van der Waals surface area (Å²) in [4.78, 5) is 0. The fourth-order valence-corrected chi connectivity index (χ4v) is 7.95.